The van der Waals surface area contributed by atoms with Crippen molar-refractivity contribution in [1.82, 2.24) is 0 Å². The molecule has 0 aliphatic carbocycles. The van der Waals surface area contributed by atoms with Crippen LogP contribution >= 0.6 is 0 Å². The number of unbranched alkanes of at least 4 members (excludes halogenated alkanes) is 14. The Hall–Kier alpha value is 1.62. The van der Waals surface area contributed by atoms with Crippen molar-refractivity contribution in [3.8, 4) is 0 Å². The Kier molecular flexibility index (Phi) is 40.1. The predicted octanol–water partition coefficient (Wildman–Crippen LogP) is 6.97. The molecule has 0 rings (SSSR count). The van der Waals surface area contributed by atoms with Gasteiger partial charge in [0.15, 0.2) is 0 Å². The first kappa shape index (κ1) is 29.4. The minimum absolute atomic E-state index is 0. The Balaban J connectivity index is -0.000000333. The first-order valence-electron chi connectivity index (χ1n) is 9.99. The van der Waals surface area contributed by atoms with Gasteiger partial charge >= 0.3 is 27.3 Å². The summed E-state index contributed by atoms with van der Waals surface area (Å²) in [6.07, 6.45) is 22.2. The van der Waals surface area contributed by atoms with Gasteiger partial charge in [-0.15, -0.1) is 0 Å². The fourth-order valence-corrected chi connectivity index (χ4v) is 2.88. The van der Waals surface area contributed by atoms with Gasteiger partial charge in [0.2, 0.25) is 0 Å². The van der Waals surface area contributed by atoms with E-state index < -0.39 is 0 Å². The molecule has 0 saturated heterocycles. The standard InChI is InChI=1S/2C10H22S.Pb/c2*1-2-3-4-5-6-7-8-9-10-11;/h2*11H,2-10H2,1H3;/q;;+2/p-2. The molecule has 0 aliphatic heterocycles. The van der Waals surface area contributed by atoms with E-state index in [0.29, 0.717) is 0 Å². The zero-order valence-corrected chi connectivity index (χ0v) is 21.6. The molecule has 0 heterocycles. The van der Waals surface area contributed by atoms with Crippen LogP contribution in [0.2, 0.25) is 0 Å². The van der Waals surface area contributed by atoms with Crippen molar-refractivity contribution in [2.24, 2.45) is 0 Å². The van der Waals surface area contributed by atoms with Gasteiger partial charge in [-0.2, -0.15) is 11.5 Å². The molecule has 0 aromatic carbocycles. The van der Waals surface area contributed by atoms with Crippen LogP contribution in [0.1, 0.15) is 117 Å². The van der Waals surface area contributed by atoms with E-state index in [2.05, 4.69) is 13.8 Å². The largest absolute Gasteiger partial charge is 2.00 e. The molecule has 3 heteroatoms. The van der Waals surface area contributed by atoms with Crippen molar-refractivity contribution in [3.05, 3.63) is 0 Å². The summed E-state index contributed by atoms with van der Waals surface area (Å²) in [5.41, 5.74) is 0. The van der Waals surface area contributed by atoms with Gasteiger partial charge < -0.3 is 25.3 Å². The van der Waals surface area contributed by atoms with Crippen molar-refractivity contribution in [2.45, 2.75) is 117 Å². The van der Waals surface area contributed by atoms with Crippen LogP contribution in [0.25, 0.3) is 0 Å². The fourth-order valence-electron chi connectivity index (χ4n) is 2.47. The van der Waals surface area contributed by atoms with Crippen LogP contribution in [0.4, 0.5) is 0 Å². The van der Waals surface area contributed by atoms with E-state index in [4.69, 9.17) is 25.3 Å². The Morgan fingerprint density at radius 2 is 0.609 bits per heavy atom. The molecule has 2 radical (unpaired) electrons. The molecular formula is C20H42PbS2. The minimum atomic E-state index is 0. The molecule has 0 nitrogen and oxygen atoms in total. The van der Waals surface area contributed by atoms with Crippen molar-refractivity contribution < 1.29 is 0 Å². The zero-order chi connectivity index (χ0) is 16.7. The molecule has 23 heavy (non-hydrogen) atoms. The first-order valence-corrected chi connectivity index (χ1v) is 11.1. The summed E-state index contributed by atoms with van der Waals surface area (Å²) < 4.78 is 0. The van der Waals surface area contributed by atoms with Crippen LogP contribution in [0, 0.1) is 0 Å². The Bertz CT molecular complexity index is 132. The van der Waals surface area contributed by atoms with E-state index in [1.807, 2.05) is 0 Å². The summed E-state index contributed by atoms with van der Waals surface area (Å²) in [5, 5.41) is 0. The van der Waals surface area contributed by atoms with Gasteiger partial charge in [-0.1, -0.05) is 117 Å². The second kappa shape index (κ2) is 31.4. The van der Waals surface area contributed by atoms with Gasteiger partial charge in [0, 0.05) is 0 Å². The number of hydrogen-bond acceptors (Lipinski definition) is 2. The van der Waals surface area contributed by atoms with Gasteiger partial charge in [0.05, 0.1) is 0 Å². The summed E-state index contributed by atoms with van der Waals surface area (Å²) in [7, 11) is 0. The third kappa shape index (κ3) is 35.6. The molecule has 0 N–H and O–H groups in total. The van der Waals surface area contributed by atoms with Gasteiger partial charge in [0.1, 0.15) is 0 Å². The average Bonchev–Trinajstić information content (AvgIpc) is 2.54. The van der Waals surface area contributed by atoms with Crippen LogP contribution < -0.4 is 0 Å². The third-order valence-electron chi connectivity index (χ3n) is 4.00. The van der Waals surface area contributed by atoms with Gasteiger partial charge in [-0.3, -0.25) is 0 Å². The normalized spacial score (nSPS) is 9.91. The number of rotatable bonds is 16. The van der Waals surface area contributed by atoms with Crippen LogP contribution in [-0.4, -0.2) is 38.8 Å². The topological polar surface area (TPSA) is 0 Å². The summed E-state index contributed by atoms with van der Waals surface area (Å²) in [6, 6.07) is 0. The molecule has 0 aromatic rings. The molecule has 0 aromatic heterocycles. The van der Waals surface area contributed by atoms with E-state index in [1.54, 1.807) is 0 Å². The van der Waals surface area contributed by atoms with E-state index in [9.17, 15) is 0 Å². The van der Waals surface area contributed by atoms with Crippen molar-refractivity contribution >= 4 is 52.6 Å². The molecule has 138 valence electrons. The Labute approximate surface area is 179 Å². The van der Waals surface area contributed by atoms with Gasteiger partial charge in [-0.25, -0.2) is 0 Å². The first-order chi connectivity index (χ1) is 10.8. The molecule has 0 amide bonds. The Morgan fingerprint density at radius 3 is 0.826 bits per heavy atom. The van der Waals surface area contributed by atoms with Gasteiger partial charge in [0.25, 0.3) is 0 Å². The second-order valence-electron chi connectivity index (χ2n) is 6.36. The maximum atomic E-state index is 4.87. The van der Waals surface area contributed by atoms with Crippen LogP contribution in [0.5, 0.6) is 0 Å². The molecular weight excluding hydrogens is 512 g/mol. The van der Waals surface area contributed by atoms with E-state index >= 15 is 0 Å². The van der Waals surface area contributed by atoms with Gasteiger partial charge in [-0.05, 0) is 0 Å². The molecule has 0 saturated carbocycles. The molecule has 0 spiro atoms. The van der Waals surface area contributed by atoms with Crippen LogP contribution in [0.15, 0.2) is 0 Å². The quantitative estimate of drug-likeness (QED) is 0.115. The molecule has 0 bridgehead atoms. The zero-order valence-electron chi connectivity index (χ0n) is 16.0. The molecule has 0 aliphatic rings. The van der Waals surface area contributed by atoms with E-state index in [-0.39, 0.29) is 27.3 Å². The minimum Gasteiger partial charge on any atom is -0.793 e. The van der Waals surface area contributed by atoms with Crippen molar-refractivity contribution in [3.63, 3.8) is 0 Å². The summed E-state index contributed by atoms with van der Waals surface area (Å²) in [6.45, 7) is 4.52. The number of hydrogen-bond donors (Lipinski definition) is 0. The maximum absolute atomic E-state index is 4.87. The van der Waals surface area contributed by atoms with E-state index in [1.165, 1.54) is 103 Å². The van der Waals surface area contributed by atoms with Crippen LogP contribution in [0.3, 0.4) is 0 Å². The van der Waals surface area contributed by atoms with Crippen LogP contribution in [-0.2, 0) is 25.3 Å². The molecule has 0 fully saturated rings. The average molecular weight is 554 g/mol. The maximum Gasteiger partial charge on any atom is 2.00 e. The summed E-state index contributed by atoms with van der Waals surface area (Å²) >= 11 is 9.74. The molecule has 0 atom stereocenters. The Morgan fingerprint density at radius 1 is 0.391 bits per heavy atom. The van der Waals surface area contributed by atoms with E-state index in [0.717, 1.165) is 11.5 Å². The smallest absolute Gasteiger partial charge is 0.793 e. The summed E-state index contributed by atoms with van der Waals surface area (Å²) in [4.78, 5) is 0. The predicted molar refractivity (Wildman–Crippen MR) is 115 cm³/mol. The monoisotopic (exact) mass is 554 g/mol. The second-order valence-corrected chi connectivity index (χ2v) is 7.17. The summed E-state index contributed by atoms with van der Waals surface area (Å²) in [5.74, 6) is 1.91. The van der Waals surface area contributed by atoms with Crippen molar-refractivity contribution in [1.29, 1.82) is 0 Å². The third-order valence-corrected chi connectivity index (χ3v) is 4.57. The SMILES string of the molecule is CCCCCCCCCC[S-].CCCCCCCCCC[S-].[Pb+2]. The fraction of sp³-hybridized carbons (Fsp3) is 1.00. The molecule has 0 unspecified atom stereocenters. The van der Waals surface area contributed by atoms with Crippen molar-refractivity contribution in [2.75, 3.05) is 11.5 Å².